The molecule has 3 rings (SSSR count). The van der Waals surface area contributed by atoms with Gasteiger partial charge in [-0.25, -0.2) is 8.42 Å². The summed E-state index contributed by atoms with van der Waals surface area (Å²) in [7, 11) is -3.49. The van der Waals surface area contributed by atoms with Gasteiger partial charge in [0.25, 0.3) is 0 Å². The lowest BCUT2D eigenvalue weighted by Gasteiger charge is -2.35. The molecule has 6 nitrogen and oxygen atoms in total. The smallest absolute Gasteiger partial charge is 0.243 e. The lowest BCUT2D eigenvalue weighted by atomic mass is 10.1. The molecule has 0 N–H and O–H groups in total. The molecule has 0 atom stereocenters. The summed E-state index contributed by atoms with van der Waals surface area (Å²) in [5, 5.41) is 0. The van der Waals surface area contributed by atoms with Crippen molar-refractivity contribution in [1.29, 1.82) is 0 Å². The van der Waals surface area contributed by atoms with Crippen molar-refractivity contribution in [1.82, 2.24) is 14.1 Å². The predicted molar refractivity (Wildman–Crippen MR) is 111 cm³/mol. The third-order valence-electron chi connectivity index (χ3n) is 5.93. The minimum absolute atomic E-state index is 0.104. The summed E-state index contributed by atoms with van der Waals surface area (Å²) in [6.07, 6.45) is 5.32. The summed E-state index contributed by atoms with van der Waals surface area (Å²) in [6.45, 7) is 8.11. The Morgan fingerprint density at radius 1 is 1.07 bits per heavy atom. The molecule has 1 aromatic rings. The Balaban J connectivity index is 1.57. The van der Waals surface area contributed by atoms with Crippen molar-refractivity contribution < 1.29 is 13.2 Å². The van der Waals surface area contributed by atoms with Crippen molar-refractivity contribution in [3.8, 4) is 0 Å². The third kappa shape index (κ3) is 4.75. The molecule has 1 aliphatic carbocycles. The third-order valence-corrected chi connectivity index (χ3v) is 7.83. The van der Waals surface area contributed by atoms with Gasteiger partial charge in [-0.2, -0.15) is 4.31 Å². The molecule has 28 heavy (non-hydrogen) atoms. The fraction of sp³-hybridized carbons (Fsp3) is 0.667. The van der Waals surface area contributed by atoms with Gasteiger partial charge in [-0.15, -0.1) is 0 Å². The van der Waals surface area contributed by atoms with Gasteiger partial charge in [0.1, 0.15) is 0 Å². The summed E-state index contributed by atoms with van der Waals surface area (Å²) in [6, 6.07) is 5.55. The summed E-state index contributed by atoms with van der Waals surface area (Å²) in [5.74, 6) is 0.104. The van der Waals surface area contributed by atoms with Crippen LogP contribution in [0.5, 0.6) is 0 Å². The van der Waals surface area contributed by atoms with E-state index >= 15 is 0 Å². The van der Waals surface area contributed by atoms with Crippen LogP contribution >= 0.6 is 0 Å². The average Bonchev–Trinajstić information content (AvgIpc) is 3.19. The van der Waals surface area contributed by atoms with Crippen molar-refractivity contribution in [2.75, 3.05) is 45.8 Å². The van der Waals surface area contributed by atoms with E-state index in [2.05, 4.69) is 18.7 Å². The standard InChI is InChI=1S/C21H33N3O3S/c1-3-5-11-22(4-2)17-21(25)23-12-14-24(15-13-23)28(26,27)20-10-9-18-7-6-8-19(18)16-20/h9-10,16H,3-8,11-15,17H2,1-2H3. The highest BCUT2D eigenvalue weighted by Crippen LogP contribution is 2.26. The van der Waals surface area contributed by atoms with Gasteiger partial charge in [0.15, 0.2) is 0 Å². The largest absolute Gasteiger partial charge is 0.339 e. The van der Waals surface area contributed by atoms with Crippen LogP contribution in [-0.4, -0.2) is 74.2 Å². The molecule has 1 saturated heterocycles. The first-order chi connectivity index (χ1) is 13.5. The topological polar surface area (TPSA) is 60.9 Å². The number of carbonyl (C=O) groups is 1. The first kappa shape index (κ1) is 21.3. The molecule has 156 valence electrons. The van der Waals surface area contributed by atoms with E-state index in [0.717, 1.165) is 45.2 Å². The molecule has 7 heteroatoms. The quantitative estimate of drug-likeness (QED) is 0.662. The van der Waals surface area contributed by atoms with Crippen molar-refractivity contribution in [2.24, 2.45) is 0 Å². The molecule has 0 radical (unpaired) electrons. The number of carbonyl (C=O) groups excluding carboxylic acids is 1. The Morgan fingerprint density at radius 2 is 1.79 bits per heavy atom. The number of unbranched alkanes of at least 4 members (excludes halogenated alkanes) is 1. The van der Waals surface area contributed by atoms with Crippen LogP contribution in [0.25, 0.3) is 0 Å². The van der Waals surface area contributed by atoms with Crippen molar-refractivity contribution in [2.45, 2.75) is 50.8 Å². The average molecular weight is 408 g/mol. The zero-order chi connectivity index (χ0) is 20.1. The molecular formula is C21H33N3O3S. The number of sulfonamides is 1. The minimum Gasteiger partial charge on any atom is -0.339 e. The number of fused-ring (bicyclic) bond motifs is 1. The fourth-order valence-electron chi connectivity index (χ4n) is 4.06. The van der Waals surface area contributed by atoms with E-state index < -0.39 is 10.0 Å². The first-order valence-corrected chi connectivity index (χ1v) is 12.0. The number of likely N-dealkylation sites (N-methyl/N-ethyl adjacent to an activating group) is 1. The van der Waals surface area contributed by atoms with E-state index in [4.69, 9.17) is 0 Å². The number of hydrogen-bond donors (Lipinski definition) is 0. The summed E-state index contributed by atoms with van der Waals surface area (Å²) in [4.78, 5) is 17.0. The molecule has 1 fully saturated rings. The second kappa shape index (κ2) is 9.37. The molecule has 1 heterocycles. The zero-order valence-electron chi connectivity index (χ0n) is 17.2. The van der Waals surface area contributed by atoms with E-state index in [1.165, 1.54) is 15.4 Å². The Hall–Kier alpha value is -1.44. The van der Waals surface area contributed by atoms with Crippen molar-refractivity contribution in [3.63, 3.8) is 0 Å². The van der Waals surface area contributed by atoms with E-state index in [1.807, 2.05) is 17.0 Å². The van der Waals surface area contributed by atoms with Crippen LogP contribution in [0.2, 0.25) is 0 Å². The SMILES string of the molecule is CCCCN(CC)CC(=O)N1CCN(S(=O)(=O)c2ccc3c(c2)CCC3)CC1. The van der Waals surface area contributed by atoms with Gasteiger partial charge in [0.2, 0.25) is 15.9 Å². The number of rotatable bonds is 8. The van der Waals surface area contributed by atoms with E-state index in [9.17, 15) is 13.2 Å². The molecule has 2 aliphatic rings. The lowest BCUT2D eigenvalue weighted by Crippen LogP contribution is -2.52. The van der Waals surface area contributed by atoms with Gasteiger partial charge in [0.05, 0.1) is 11.4 Å². The Bertz CT molecular complexity index is 786. The monoisotopic (exact) mass is 407 g/mol. The number of nitrogens with zero attached hydrogens (tertiary/aromatic N) is 3. The van der Waals surface area contributed by atoms with Gasteiger partial charge in [-0.1, -0.05) is 26.3 Å². The van der Waals surface area contributed by atoms with E-state index in [0.29, 0.717) is 37.6 Å². The van der Waals surface area contributed by atoms with Gasteiger partial charge in [-0.3, -0.25) is 9.69 Å². The van der Waals surface area contributed by atoms with Gasteiger partial charge >= 0.3 is 0 Å². The predicted octanol–water partition coefficient (Wildman–Crippen LogP) is 2.13. The molecular weight excluding hydrogens is 374 g/mol. The Morgan fingerprint density at radius 3 is 2.46 bits per heavy atom. The number of piperazine rings is 1. The highest BCUT2D eigenvalue weighted by atomic mass is 32.2. The second-order valence-electron chi connectivity index (χ2n) is 7.79. The van der Waals surface area contributed by atoms with Crippen LogP contribution in [0.3, 0.4) is 0 Å². The van der Waals surface area contributed by atoms with Gasteiger partial charge in [0, 0.05) is 26.2 Å². The Labute approximate surface area is 169 Å². The maximum absolute atomic E-state index is 13.0. The van der Waals surface area contributed by atoms with Crippen LogP contribution in [0, 0.1) is 0 Å². The first-order valence-electron chi connectivity index (χ1n) is 10.6. The lowest BCUT2D eigenvalue weighted by molar-refractivity contribution is -0.133. The minimum atomic E-state index is -3.49. The molecule has 1 amide bonds. The van der Waals surface area contributed by atoms with Crippen LogP contribution in [0.4, 0.5) is 0 Å². The molecule has 0 aromatic heterocycles. The summed E-state index contributed by atoms with van der Waals surface area (Å²) in [5.41, 5.74) is 2.44. The highest BCUT2D eigenvalue weighted by Gasteiger charge is 2.31. The zero-order valence-corrected chi connectivity index (χ0v) is 18.0. The van der Waals surface area contributed by atoms with Crippen molar-refractivity contribution in [3.05, 3.63) is 29.3 Å². The number of aryl methyl sites for hydroxylation is 2. The van der Waals surface area contributed by atoms with Crippen LogP contribution in [0.1, 0.15) is 44.2 Å². The molecule has 0 spiro atoms. The summed E-state index contributed by atoms with van der Waals surface area (Å²) >= 11 is 0. The van der Waals surface area contributed by atoms with E-state index in [-0.39, 0.29) is 5.91 Å². The normalized spacial score (nSPS) is 17.9. The molecule has 1 aromatic carbocycles. The van der Waals surface area contributed by atoms with E-state index in [1.54, 1.807) is 6.07 Å². The maximum Gasteiger partial charge on any atom is 0.243 e. The van der Waals surface area contributed by atoms with Gasteiger partial charge < -0.3 is 4.90 Å². The highest BCUT2D eigenvalue weighted by molar-refractivity contribution is 7.89. The van der Waals surface area contributed by atoms with Crippen LogP contribution < -0.4 is 0 Å². The van der Waals surface area contributed by atoms with Crippen molar-refractivity contribution >= 4 is 15.9 Å². The fourth-order valence-corrected chi connectivity index (χ4v) is 5.53. The molecule has 1 aliphatic heterocycles. The summed E-state index contributed by atoms with van der Waals surface area (Å²) < 4.78 is 27.6. The van der Waals surface area contributed by atoms with Crippen LogP contribution in [0.15, 0.2) is 23.1 Å². The maximum atomic E-state index is 13.0. The second-order valence-corrected chi connectivity index (χ2v) is 9.73. The molecule has 0 bridgehead atoms. The Kier molecular flexibility index (Phi) is 7.12. The van der Waals surface area contributed by atoms with Crippen LogP contribution in [-0.2, 0) is 27.7 Å². The number of benzene rings is 1. The number of amides is 1. The molecule has 0 unspecified atom stereocenters. The van der Waals surface area contributed by atoms with Gasteiger partial charge in [-0.05, 0) is 62.0 Å². The molecule has 0 saturated carbocycles. The number of hydrogen-bond acceptors (Lipinski definition) is 4.